The fraction of sp³-hybridized carbons (Fsp3) is 0.400. The van der Waals surface area contributed by atoms with Crippen LogP contribution in [0.5, 0.6) is 0 Å². The predicted octanol–water partition coefficient (Wildman–Crippen LogP) is 1.15. The van der Waals surface area contributed by atoms with Crippen LogP contribution in [0, 0.1) is 0 Å². The Labute approximate surface area is 111 Å². The molecule has 6 nitrogen and oxygen atoms in total. The number of alkyl halides is 1. The van der Waals surface area contributed by atoms with Gasteiger partial charge in [0, 0.05) is 13.1 Å². The molecule has 0 fully saturated rings. The Hall–Kier alpha value is -1.03. The summed E-state index contributed by atoms with van der Waals surface area (Å²) in [5, 5.41) is 0. The third-order valence-electron chi connectivity index (χ3n) is 2.70. The predicted molar refractivity (Wildman–Crippen MR) is 68.0 cm³/mol. The SMILES string of the molecule is CC(c1ccccc1)N(C)S(=O)(=O)C(F)S(=O)(=O)O. The van der Waals surface area contributed by atoms with Gasteiger partial charge in [-0.15, -0.1) is 0 Å². The van der Waals surface area contributed by atoms with Crippen molar-refractivity contribution < 1.29 is 25.8 Å². The van der Waals surface area contributed by atoms with E-state index in [1.165, 1.54) is 6.92 Å². The fourth-order valence-corrected chi connectivity index (χ4v) is 3.91. The molecule has 0 bridgehead atoms. The Kier molecular flexibility index (Phi) is 4.67. The van der Waals surface area contributed by atoms with E-state index in [1.807, 2.05) is 0 Å². The van der Waals surface area contributed by atoms with Crippen molar-refractivity contribution in [3.63, 3.8) is 0 Å². The second-order valence-electron chi connectivity index (χ2n) is 3.94. The molecule has 0 aromatic heterocycles. The monoisotopic (exact) mass is 311 g/mol. The van der Waals surface area contributed by atoms with Gasteiger partial charge in [0.25, 0.3) is 10.0 Å². The fourth-order valence-electron chi connectivity index (χ4n) is 1.45. The van der Waals surface area contributed by atoms with E-state index in [1.54, 1.807) is 30.3 Å². The van der Waals surface area contributed by atoms with Crippen LogP contribution >= 0.6 is 0 Å². The van der Waals surface area contributed by atoms with Crippen molar-refractivity contribution in [2.24, 2.45) is 0 Å². The van der Waals surface area contributed by atoms with E-state index < -0.39 is 31.0 Å². The summed E-state index contributed by atoms with van der Waals surface area (Å²) < 4.78 is 67.1. The largest absolute Gasteiger partial charge is 0.338 e. The Bertz CT molecular complexity index is 629. The number of benzene rings is 1. The van der Waals surface area contributed by atoms with Gasteiger partial charge in [-0.2, -0.15) is 12.7 Å². The molecule has 0 spiro atoms. The van der Waals surface area contributed by atoms with Crippen LogP contribution in [-0.2, 0) is 20.1 Å². The van der Waals surface area contributed by atoms with Crippen molar-refractivity contribution in [3.8, 4) is 0 Å². The van der Waals surface area contributed by atoms with Crippen molar-refractivity contribution in [2.75, 3.05) is 7.05 Å². The van der Waals surface area contributed by atoms with E-state index in [0.29, 0.717) is 9.87 Å². The van der Waals surface area contributed by atoms with Gasteiger partial charge in [0.05, 0.1) is 0 Å². The van der Waals surface area contributed by atoms with Crippen LogP contribution in [0.15, 0.2) is 30.3 Å². The molecule has 0 saturated carbocycles. The summed E-state index contributed by atoms with van der Waals surface area (Å²) in [6.07, 6.45) is 0. The first-order valence-corrected chi connectivity index (χ1v) is 8.21. The minimum atomic E-state index is -5.32. The van der Waals surface area contributed by atoms with Crippen molar-refractivity contribution >= 4 is 20.1 Å². The highest BCUT2D eigenvalue weighted by atomic mass is 32.3. The standard InChI is InChI=1S/C10H14FNO5S2/c1-8(9-6-4-3-5-7-9)12(2)18(13,14)10(11)19(15,16)17/h3-8,10H,1-2H3,(H,15,16,17). The lowest BCUT2D eigenvalue weighted by Crippen LogP contribution is -2.39. The maximum atomic E-state index is 13.3. The molecule has 0 amide bonds. The molecule has 1 rings (SSSR count). The highest BCUT2D eigenvalue weighted by Gasteiger charge is 2.41. The maximum absolute atomic E-state index is 13.3. The highest BCUT2D eigenvalue weighted by molar-refractivity contribution is 8.05. The average molecular weight is 311 g/mol. The molecule has 2 unspecified atom stereocenters. The summed E-state index contributed by atoms with van der Waals surface area (Å²) in [6, 6.07) is 7.53. The minimum absolute atomic E-state index is 0.566. The van der Waals surface area contributed by atoms with Gasteiger partial charge in [0.2, 0.25) is 0 Å². The number of nitrogens with zero attached hydrogens (tertiary/aromatic N) is 1. The van der Waals surface area contributed by atoms with Crippen molar-refractivity contribution in [3.05, 3.63) is 35.9 Å². The van der Waals surface area contributed by atoms with E-state index in [-0.39, 0.29) is 0 Å². The molecule has 1 N–H and O–H groups in total. The zero-order valence-corrected chi connectivity index (χ0v) is 11.9. The lowest BCUT2D eigenvalue weighted by molar-refractivity contribution is 0.363. The van der Waals surface area contributed by atoms with Gasteiger partial charge >= 0.3 is 15.0 Å². The first-order chi connectivity index (χ1) is 8.58. The Morgan fingerprint density at radius 1 is 1.16 bits per heavy atom. The molecule has 0 heterocycles. The number of rotatable bonds is 5. The van der Waals surface area contributed by atoms with Crippen molar-refractivity contribution in [1.29, 1.82) is 0 Å². The van der Waals surface area contributed by atoms with E-state index in [9.17, 15) is 21.2 Å². The summed E-state index contributed by atoms with van der Waals surface area (Å²) in [6.45, 7) is 1.48. The van der Waals surface area contributed by atoms with Crippen LogP contribution in [0.25, 0.3) is 0 Å². The van der Waals surface area contributed by atoms with E-state index in [2.05, 4.69) is 0 Å². The van der Waals surface area contributed by atoms with Crippen LogP contribution in [0.4, 0.5) is 4.39 Å². The van der Waals surface area contributed by atoms with Gasteiger partial charge in [0.15, 0.2) is 0 Å². The molecule has 1 aromatic carbocycles. The van der Waals surface area contributed by atoms with Crippen molar-refractivity contribution in [1.82, 2.24) is 4.31 Å². The van der Waals surface area contributed by atoms with E-state index >= 15 is 0 Å². The molecular formula is C10H14FNO5S2. The first-order valence-electron chi connectivity index (χ1n) is 5.20. The summed E-state index contributed by atoms with van der Waals surface area (Å²) >= 11 is 0. The third-order valence-corrected chi connectivity index (χ3v) is 6.21. The Morgan fingerprint density at radius 3 is 2.05 bits per heavy atom. The first kappa shape index (κ1) is 16.0. The van der Waals surface area contributed by atoms with Gasteiger partial charge in [0.1, 0.15) is 0 Å². The van der Waals surface area contributed by atoms with Gasteiger partial charge < -0.3 is 0 Å². The number of hydrogen-bond acceptors (Lipinski definition) is 4. The molecule has 19 heavy (non-hydrogen) atoms. The maximum Gasteiger partial charge on any atom is 0.338 e. The van der Waals surface area contributed by atoms with Crippen LogP contribution in [0.3, 0.4) is 0 Å². The molecule has 0 aliphatic rings. The Balaban J connectivity index is 3.10. The van der Waals surface area contributed by atoms with Crippen molar-refractivity contribution in [2.45, 2.75) is 17.8 Å². The van der Waals surface area contributed by atoms with Crippen LogP contribution in [-0.4, -0.2) is 37.6 Å². The average Bonchev–Trinajstić information content (AvgIpc) is 2.36. The summed E-state index contributed by atoms with van der Waals surface area (Å²) in [4.78, 5) is -3.39. The lowest BCUT2D eigenvalue weighted by Gasteiger charge is -2.25. The molecule has 108 valence electrons. The molecular weight excluding hydrogens is 297 g/mol. The molecule has 0 saturated heterocycles. The zero-order chi connectivity index (χ0) is 14.8. The second-order valence-corrected chi connectivity index (χ2v) is 7.70. The number of hydrogen-bond donors (Lipinski definition) is 1. The molecule has 0 aliphatic heterocycles. The number of sulfonamides is 1. The van der Waals surface area contributed by atoms with Crippen LogP contribution in [0.2, 0.25) is 0 Å². The van der Waals surface area contributed by atoms with Crippen LogP contribution < -0.4 is 0 Å². The van der Waals surface area contributed by atoms with E-state index in [4.69, 9.17) is 4.55 Å². The molecule has 0 radical (unpaired) electrons. The smallest absolute Gasteiger partial charge is 0.282 e. The van der Waals surface area contributed by atoms with Gasteiger partial charge in [-0.25, -0.2) is 12.8 Å². The van der Waals surface area contributed by atoms with Gasteiger partial charge in [-0.3, -0.25) is 4.55 Å². The van der Waals surface area contributed by atoms with E-state index in [0.717, 1.165) is 7.05 Å². The van der Waals surface area contributed by atoms with Crippen LogP contribution in [0.1, 0.15) is 18.5 Å². The van der Waals surface area contributed by atoms with Gasteiger partial charge in [-0.1, -0.05) is 30.3 Å². The normalized spacial score (nSPS) is 16.3. The summed E-state index contributed by atoms with van der Waals surface area (Å²) in [5.74, 6) is 0. The minimum Gasteiger partial charge on any atom is -0.282 e. The molecule has 0 aliphatic carbocycles. The molecule has 9 heteroatoms. The molecule has 1 aromatic rings. The summed E-state index contributed by atoms with van der Waals surface area (Å²) in [5.41, 5.74) is 0.566. The highest BCUT2D eigenvalue weighted by Crippen LogP contribution is 2.25. The summed E-state index contributed by atoms with van der Waals surface area (Å²) in [7, 11) is -9.09. The number of halogens is 1. The lowest BCUT2D eigenvalue weighted by atomic mass is 10.1. The second kappa shape index (κ2) is 5.53. The Morgan fingerprint density at radius 2 is 1.63 bits per heavy atom. The third kappa shape index (κ3) is 3.50. The topological polar surface area (TPSA) is 91.8 Å². The van der Waals surface area contributed by atoms with Gasteiger partial charge in [-0.05, 0) is 12.5 Å². The zero-order valence-electron chi connectivity index (χ0n) is 10.3. The quantitative estimate of drug-likeness (QED) is 0.824. The molecule has 2 atom stereocenters.